The van der Waals surface area contributed by atoms with Gasteiger partial charge in [0.15, 0.2) is 5.03 Å². The third-order valence-corrected chi connectivity index (χ3v) is 6.75. The van der Waals surface area contributed by atoms with E-state index >= 15 is 0 Å². The summed E-state index contributed by atoms with van der Waals surface area (Å²) in [5, 5.41) is 12.5. The maximum atomic E-state index is 12.4. The monoisotopic (exact) mass is 426 g/mol. The Hall–Kier alpha value is -1.75. The minimum Gasteiger partial charge on any atom is -0.394 e. The zero-order valence-electron chi connectivity index (χ0n) is 16.7. The van der Waals surface area contributed by atoms with Gasteiger partial charge in [-0.05, 0) is 18.8 Å². The van der Waals surface area contributed by atoms with Gasteiger partial charge in [0.2, 0.25) is 5.91 Å². The summed E-state index contributed by atoms with van der Waals surface area (Å²) in [6, 6.07) is -0.742. The fourth-order valence-electron chi connectivity index (χ4n) is 3.78. The van der Waals surface area contributed by atoms with Crippen LogP contribution in [-0.4, -0.2) is 60.4 Å². The number of imidazole rings is 1. The van der Waals surface area contributed by atoms with Gasteiger partial charge in [-0.2, -0.15) is 0 Å². The van der Waals surface area contributed by atoms with Gasteiger partial charge in [-0.15, -0.1) is 0 Å². The molecule has 0 unspecified atom stereocenters. The van der Waals surface area contributed by atoms with E-state index in [9.17, 15) is 18.3 Å². The van der Waals surface area contributed by atoms with E-state index in [1.54, 1.807) is 19.2 Å². The van der Waals surface area contributed by atoms with Gasteiger partial charge in [0, 0.05) is 19.8 Å². The molecule has 162 valence electrons. The SMILES string of the molecule is Cn1cnc(S(=O)(=O)N[C@@H]2C=C[C@H](CC(=O)NCC3CCCCC3)O[C@H]2CO)c1. The number of hydrogen-bond donors (Lipinski definition) is 3. The second kappa shape index (κ2) is 9.84. The first-order valence-corrected chi connectivity index (χ1v) is 11.6. The number of aromatic nitrogens is 2. The van der Waals surface area contributed by atoms with Crippen LogP contribution in [0.3, 0.4) is 0 Å². The van der Waals surface area contributed by atoms with E-state index in [4.69, 9.17) is 4.74 Å². The fourth-order valence-corrected chi connectivity index (χ4v) is 4.98. The Labute approximate surface area is 171 Å². The highest BCUT2D eigenvalue weighted by Gasteiger charge is 2.32. The summed E-state index contributed by atoms with van der Waals surface area (Å²) in [7, 11) is -2.17. The second-order valence-electron chi connectivity index (χ2n) is 7.82. The quantitative estimate of drug-likeness (QED) is 0.520. The number of rotatable bonds is 8. The summed E-state index contributed by atoms with van der Waals surface area (Å²) in [6.45, 7) is 0.311. The summed E-state index contributed by atoms with van der Waals surface area (Å²) < 4.78 is 34.7. The Morgan fingerprint density at radius 3 is 2.72 bits per heavy atom. The predicted octanol–water partition coefficient (Wildman–Crippen LogP) is 0.470. The number of aliphatic hydroxyl groups excluding tert-OH is 1. The van der Waals surface area contributed by atoms with Crippen LogP contribution in [0, 0.1) is 5.92 Å². The first-order valence-electron chi connectivity index (χ1n) is 10.1. The van der Waals surface area contributed by atoms with Gasteiger partial charge in [-0.3, -0.25) is 4.79 Å². The maximum Gasteiger partial charge on any atom is 0.260 e. The Kier molecular flexibility index (Phi) is 7.44. The lowest BCUT2D eigenvalue weighted by molar-refractivity contribution is -0.125. The molecule has 1 saturated carbocycles. The molecule has 0 bridgehead atoms. The van der Waals surface area contributed by atoms with Crippen molar-refractivity contribution in [3.05, 3.63) is 24.7 Å². The van der Waals surface area contributed by atoms with Crippen molar-refractivity contribution in [2.24, 2.45) is 13.0 Å². The van der Waals surface area contributed by atoms with Gasteiger partial charge in [0.25, 0.3) is 10.0 Å². The summed E-state index contributed by atoms with van der Waals surface area (Å²) in [6.07, 6.45) is 11.0. The lowest BCUT2D eigenvalue weighted by atomic mass is 9.89. The van der Waals surface area contributed by atoms with E-state index in [1.807, 2.05) is 0 Å². The van der Waals surface area contributed by atoms with Crippen LogP contribution in [0.4, 0.5) is 0 Å². The summed E-state index contributed by atoms with van der Waals surface area (Å²) in [5.74, 6) is 0.445. The van der Waals surface area contributed by atoms with E-state index in [-0.39, 0.29) is 24.0 Å². The van der Waals surface area contributed by atoms with Crippen molar-refractivity contribution in [3.8, 4) is 0 Å². The van der Waals surface area contributed by atoms with Crippen LogP contribution in [0.1, 0.15) is 38.5 Å². The zero-order chi connectivity index (χ0) is 20.9. The van der Waals surface area contributed by atoms with Crippen molar-refractivity contribution < 1.29 is 23.1 Å². The van der Waals surface area contributed by atoms with E-state index in [0.717, 1.165) is 12.8 Å². The number of sulfonamides is 1. The number of nitrogens with zero attached hydrogens (tertiary/aromatic N) is 2. The molecule has 3 N–H and O–H groups in total. The molecule has 1 aliphatic carbocycles. The van der Waals surface area contributed by atoms with Crippen molar-refractivity contribution in [1.29, 1.82) is 0 Å². The third-order valence-electron chi connectivity index (χ3n) is 5.41. The fraction of sp³-hybridized carbons (Fsp3) is 0.684. The number of amides is 1. The van der Waals surface area contributed by atoms with Crippen molar-refractivity contribution in [2.75, 3.05) is 13.2 Å². The molecule has 1 amide bonds. The van der Waals surface area contributed by atoms with Crippen LogP contribution < -0.4 is 10.0 Å². The Balaban J connectivity index is 1.53. The van der Waals surface area contributed by atoms with Crippen LogP contribution in [-0.2, 0) is 26.6 Å². The molecule has 0 saturated heterocycles. The molecule has 3 atom stereocenters. The van der Waals surface area contributed by atoms with Crippen LogP contribution in [0.2, 0.25) is 0 Å². The van der Waals surface area contributed by atoms with Crippen molar-refractivity contribution in [2.45, 2.75) is 61.8 Å². The molecule has 29 heavy (non-hydrogen) atoms. The second-order valence-corrected chi connectivity index (χ2v) is 9.48. The van der Waals surface area contributed by atoms with E-state index < -0.39 is 28.3 Å². The lowest BCUT2D eigenvalue weighted by Gasteiger charge is -2.31. The molecule has 1 aliphatic heterocycles. The van der Waals surface area contributed by atoms with Crippen LogP contribution in [0.5, 0.6) is 0 Å². The number of ether oxygens (including phenoxy) is 1. The highest BCUT2D eigenvalue weighted by atomic mass is 32.2. The molecule has 1 aromatic rings. The lowest BCUT2D eigenvalue weighted by Crippen LogP contribution is -2.49. The predicted molar refractivity (Wildman–Crippen MR) is 106 cm³/mol. The van der Waals surface area contributed by atoms with Crippen LogP contribution in [0.25, 0.3) is 0 Å². The molecule has 0 aromatic carbocycles. The van der Waals surface area contributed by atoms with Gasteiger partial charge in [-0.1, -0.05) is 31.4 Å². The number of nitrogens with one attached hydrogen (secondary N) is 2. The van der Waals surface area contributed by atoms with E-state index in [1.165, 1.54) is 36.4 Å². The molecule has 1 aromatic heterocycles. The van der Waals surface area contributed by atoms with Gasteiger partial charge in [0.1, 0.15) is 6.10 Å². The van der Waals surface area contributed by atoms with Gasteiger partial charge >= 0.3 is 0 Å². The van der Waals surface area contributed by atoms with Crippen molar-refractivity contribution in [3.63, 3.8) is 0 Å². The van der Waals surface area contributed by atoms with Crippen LogP contribution in [0.15, 0.2) is 29.7 Å². The number of carbonyl (C=O) groups excluding carboxylic acids is 1. The zero-order valence-corrected chi connectivity index (χ0v) is 17.5. The van der Waals surface area contributed by atoms with Gasteiger partial charge in [0.05, 0.1) is 31.5 Å². The Morgan fingerprint density at radius 1 is 1.31 bits per heavy atom. The van der Waals surface area contributed by atoms with E-state index in [0.29, 0.717) is 12.5 Å². The largest absolute Gasteiger partial charge is 0.394 e. The molecule has 2 heterocycles. The first kappa shape index (κ1) is 21.9. The number of hydrogen-bond acceptors (Lipinski definition) is 6. The highest BCUT2D eigenvalue weighted by molar-refractivity contribution is 7.89. The minimum atomic E-state index is -3.85. The average molecular weight is 427 g/mol. The Bertz CT molecular complexity index is 816. The van der Waals surface area contributed by atoms with Crippen molar-refractivity contribution >= 4 is 15.9 Å². The molecule has 0 radical (unpaired) electrons. The minimum absolute atomic E-state index is 0.102. The molecule has 3 rings (SSSR count). The molecule has 9 nitrogen and oxygen atoms in total. The standard InChI is InChI=1S/C19H30N4O5S/c1-23-11-19(21-13-23)29(26,27)22-16-8-7-15(28-17(16)12-24)9-18(25)20-10-14-5-3-2-4-6-14/h7-8,11,13-17,22,24H,2-6,9-10,12H2,1H3,(H,20,25)/t15-,16-,17+/m1/s1. The summed E-state index contributed by atoms with van der Waals surface area (Å²) >= 11 is 0. The van der Waals surface area contributed by atoms with Crippen molar-refractivity contribution in [1.82, 2.24) is 19.6 Å². The first-order chi connectivity index (χ1) is 13.9. The van der Waals surface area contributed by atoms with E-state index in [2.05, 4.69) is 15.0 Å². The van der Waals surface area contributed by atoms with Gasteiger partial charge in [-0.25, -0.2) is 18.1 Å². The summed E-state index contributed by atoms with van der Waals surface area (Å²) in [5.41, 5.74) is 0. The average Bonchev–Trinajstić information content (AvgIpc) is 3.15. The number of carbonyl (C=O) groups is 1. The van der Waals surface area contributed by atoms with Gasteiger partial charge < -0.3 is 19.7 Å². The molecular weight excluding hydrogens is 396 g/mol. The third kappa shape index (κ3) is 6.11. The molecular formula is C19H30N4O5S. The summed E-state index contributed by atoms with van der Waals surface area (Å²) in [4.78, 5) is 16.1. The molecule has 10 heteroatoms. The normalized spacial score (nSPS) is 25.8. The molecule has 2 aliphatic rings. The number of aryl methyl sites for hydroxylation is 1. The topological polar surface area (TPSA) is 123 Å². The Morgan fingerprint density at radius 2 is 2.07 bits per heavy atom. The highest BCUT2D eigenvalue weighted by Crippen LogP contribution is 2.23. The molecule has 1 fully saturated rings. The number of aliphatic hydroxyl groups is 1. The smallest absolute Gasteiger partial charge is 0.260 e. The maximum absolute atomic E-state index is 12.4. The van der Waals surface area contributed by atoms with Crippen LogP contribution >= 0.6 is 0 Å². The molecule has 0 spiro atoms.